The number of hydrogen-bond acceptors (Lipinski definition) is 2. The molecule has 5 aromatic heterocycles. The predicted molar refractivity (Wildman–Crippen MR) is 443 cm³/mol. The zero-order valence-corrected chi connectivity index (χ0v) is 59.0. The summed E-state index contributed by atoms with van der Waals surface area (Å²) in [7, 11) is 0. The standard InChI is InChI=1S/C100H68N6/c1-62-31-51-92-81(55-62)82-56-63(2)32-52-93(82)105(92)75-45-35-68(36-46-75)96-85(61-101)97(69-37-43-73(44-38-69)103-88-27-15-11-23-77(88)78-24-12-16-28-89(78)103)100(72-59-86(66-19-7-5-8-20-66)102-87(60-72)67-21-9-6-10-22-67)99(71-41-49-76(50-42-71)106-94-53-33-64(3)57-83(94)84-58-65(4)34-54-95(84)106)98(96)70-39-47-74(48-40-70)104-90-29-17-13-25-79(90)80-26-14-18-30-91(80)104/h5-60H,1-4H3. The summed E-state index contributed by atoms with van der Waals surface area (Å²) >= 11 is 0. The van der Waals surface area contributed by atoms with Crippen LogP contribution in [0, 0.1) is 39.0 Å². The van der Waals surface area contributed by atoms with Crippen molar-refractivity contribution in [1.29, 1.82) is 5.26 Å². The van der Waals surface area contributed by atoms with E-state index in [1.807, 2.05) is 0 Å². The third kappa shape index (κ3) is 9.96. The van der Waals surface area contributed by atoms with Gasteiger partial charge in [0, 0.05) is 88.1 Å². The lowest BCUT2D eigenvalue weighted by molar-refractivity contribution is 1.18. The summed E-state index contributed by atoms with van der Waals surface area (Å²) < 4.78 is 9.56. The molecule has 0 unspecified atom stereocenters. The molecule has 106 heavy (non-hydrogen) atoms. The van der Waals surface area contributed by atoms with Crippen molar-refractivity contribution in [2.24, 2.45) is 0 Å². The normalized spacial score (nSPS) is 11.8. The number of nitrogens with zero attached hydrogens (tertiary/aromatic N) is 6. The van der Waals surface area contributed by atoms with Crippen molar-refractivity contribution in [2.75, 3.05) is 0 Å². The minimum absolute atomic E-state index is 0.548. The van der Waals surface area contributed by atoms with Crippen molar-refractivity contribution in [2.45, 2.75) is 27.7 Å². The van der Waals surface area contributed by atoms with Gasteiger partial charge in [0.15, 0.2) is 0 Å². The SMILES string of the molecule is Cc1ccc2c(c1)c1cc(C)ccc1n2-c1ccc(-c2c(C#N)c(-c3ccc(-n4c5ccccc5c5ccccc54)cc3)c(-c3cc(-c4ccccc4)nc(-c4ccccc4)c3)c(-c3ccc(-n4c5ccc(C)cc5c5cc(C)ccc54)cc3)c2-c2ccc(-n3c4ccccc4c4ccccc43)cc2)cc1. The molecule has 0 atom stereocenters. The van der Waals surface area contributed by atoms with Crippen LogP contribution in [0.2, 0.25) is 0 Å². The van der Waals surface area contributed by atoms with Gasteiger partial charge >= 0.3 is 0 Å². The lowest BCUT2D eigenvalue weighted by Crippen LogP contribution is -2.04. The maximum absolute atomic E-state index is 13.0. The molecular formula is C100H68N6. The molecule has 0 saturated heterocycles. The Balaban J connectivity index is 0.923. The van der Waals surface area contributed by atoms with Crippen LogP contribution in [-0.4, -0.2) is 23.3 Å². The molecule has 0 amide bonds. The second-order valence-electron chi connectivity index (χ2n) is 28.4. The molecule has 20 rings (SSSR count). The van der Waals surface area contributed by atoms with Crippen LogP contribution in [-0.2, 0) is 0 Å². The molecule has 15 aromatic carbocycles. The van der Waals surface area contributed by atoms with Crippen LogP contribution in [0.3, 0.4) is 0 Å². The molecular weight excluding hydrogens is 1290 g/mol. The predicted octanol–water partition coefficient (Wildman–Crippen LogP) is 26.2. The molecule has 0 aliphatic rings. The van der Waals surface area contributed by atoms with Crippen LogP contribution in [0.4, 0.5) is 0 Å². The van der Waals surface area contributed by atoms with E-state index < -0.39 is 0 Å². The number of aryl methyl sites for hydroxylation is 4. The highest BCUT2D eigenvalue weighted by Crippen LogP contribution is 2.55. The van der Waals surface area contributed by atoms with Gasteiger partial charge in [-0.15, -0.1) is 0 Å². The minimum Gasteiger partial charge on any atom is -0.309 e. The summed E-state index contributed by atoms with van der Waals surface area (Å²) in [6, 6.07) is 127. The molecule has 6 heteroatoms. The van der Waals surface area contributed by atoms with E-state index in [2.05, 4.69) is 392 Å². The number of rotatable bonds is 11. The molecule has 0 aliphatic heterocycles. The van der Waals surface area contributed by atoms with Gasteiger partial charge in [-0.05, 0) is 206 Å². The van der Waals surface area contributed by atoms with Crippen LogP contribution in [0.1, 0.15) is 27.8 Å². The fourth-order valence-electron chi connectivity index (χ4n) is 17.1. The molecule has 6 nitrogen and oxygen atoms in total. The van der Waals surface area contributed by atoms with Crippen molar-refractivity contribution in [3.63, 3.8) is 0 Å². The molecule has 0 aliphatic carbocycles. The Bertz CT molecular complexity index is 6720. The van der Waals surface area contributed by atoms with E-state index >= 15 is 0 Å². The first-order valence-electron chi connectivity index (χ1n) is 36.4. The zero-order valence-electron chi connectivity index (χ0n) is 59.0. The third-order valence-electron chi connectivity index (χ3n) is 21.8. The van der Waals surface area contributed by atoms with Gasteiger partial charge in [-0.3, -0.25) is 0 Å². The van der Waals surface area contributed by atoms with Crippen molar-refractivity contribution in [3.8, 4) is 107 Å². The van der Waals surface area contributed by atoms with Gasteiger partial charge in [-0.25, -0.2) is 4.98 Å². The van der Waals surface area contributed by atoms with Gasteiger partial charge in [0.05, 0.1) is 61.1 Å². The summed E-state index contributed by atoms with van der Waals surface area (Å²) in [5, 5.41) is 22.6. The second-order valence-corrected chi connectivity index (χ2v) is 28.4. The second kappa shape index (κ2) is 24.7. The van der Waals surface area contributed by atoms with Gasteiger partial charge in [-0.1, -0.05) is 229 Å². The molecule has 0 saturated carbocycles. The van der Waals surface area contributed by atoms with Gasteiger partial charge < -0.3 is 18.3 Å². The van der Waals surface area contributed by atoms with Crippen molar-refractivity contribution >= 4 is 87.2 Å². The highest BCUT2D eigenvalue weighted by Gasteiger charge is 2.31. The molecule has 0 bridgehead atoms. The number of para-hydroxylation sites is 4. The topological polar surface area (TPSA) is 56.4 Å². The Kier molecular flexibility index (Phi) is 14.4. The highest BCUT2D eigenvalue weighted by molar-refractivity contribution is 6.15. The van der Waals surface area contributed by atoms with Gasteiger partial charge in [0.25, 0.3) is 0 Å². The van der Waals surface area contributed by atoms with Crippen molar-refractivity contribution in [1.82, 2.24) is 23.3 Å². The molecule has 0 N–H and O–H groups in total. The van der Waals surface area contributed by atoms with Crippen molar-refractivity contribution in [3.05, 3.63) is 368 Å². The summed E-state index contributed by atoms with van der Waals surface area (Å²) in [6.45, 7) is 8.70. The summed E-state index contributed by atoms with van der Waals surface area (Å²) in [5.74, 6) is 0. The number of benzene rings is 15. The minimum atomic E-state index is 0.548. The smallest absolute Gasteiger partial charge is 0.100 e. The largest absolute Gasteiger partial charge is 0.309 e. The van der Waals surface area contributed by atoms with E-state index in [1.165, 1.54) is 65.3 Å². The first-order chi connectivity index (χ1) is 52.2. The Hall–Kier alpha value is -13.9. The lowest BCUT2D eigenvalue weighted by atomic mass is 9.75. The quantitative estimate of drug-likeness (QED) is 0.130. The maximum atomic E-state index is 13.0. The first kappa shape index (κ1) is 62.0. The van der Waals surface area contributed by atoms with Crippen LogP contribution in [0.5, 0.6) is 0 Å². The fourth-order valence-corrected chi connectivity index (χ4v) is 17.1. The fraction of sp³-hybridized carbons (Fsp3) is 0.0400. The van der Waals surface area contributed by atoms with Crippen molar-refractivity contribution < 1.29 is 0 Å². The summed E-state index contributed by atoms with van der Waals surface area (Å²) in [4.78, 5) is 5.56. The van der Waals surface area contributed by atoms with Crippen LogP contribution in [0.25, 0.3) is 188 Å². The Morgan fingerprint density at radius 3 is 0.755 bits per heavy atom. The number of fused-ring (bicyclic) bond motifs is 12. The Labute approximate surface area is 614 Å². The van der Waals surface area contributed by atoms with E-state index in [-0.39, 0.29) is 0 Å². The van der Waals surface area contributed by atoms with E-state index in [4.69, 9.17) is 4.98 Å². The molecule has 0 radical (unpaired) electrons. The lowest BCUT2D eigenvalue weighted by Gasteiger charge is -2.27. The average Bonchev–Trinajstić information content (AvgIpc) is 1.13. The first-order valence-corrected chi connectivity index (χ1v) is 36.4. The third-order valence-corrected chi connectivity index (χ3v) is 21.8. The number of hydrogen-bond donors (Lipinski definition) is 0. The Morgan fingerprint density at radius 1 is 0.217 bits per heavy atom. The highest BCUT2D eigenvalue weighted by atomic mass is 15.0. The summed E-state index contributed by atoms with van der Waals surface area (Å²) in [6.07, 6.45) is 0. The average molecular weight is 1350 g/mol. The number of nitriles is 1. The Morgan fingerprint density at radius 2 is 0.462 bits per heavy atom. The van der Waals surface area contributed by atoms with E-state index in [9.17, 15) is 5.26 Å². The monoisotopic (exact) mass is 1350 g/mol. The van der Waals surface area contributed by atoms with Crippen LogP contribution < -0.4 is 0 Å². The van der Waals surface area contributed by atoms with Gasteiger partial charge in [0.2, 0.25) is 0 Å². The molecule has 5 heterocycles. The van der Waals surface area contributed by atoms with Crippen LogP contribution in [0.15, 0.2) is 340 Å². The number of pyridine rings is 1. The molecule has 0 spiro atoms. The number of aromatic nitrogens is 5. The summed E-state index contributed by atoms with van der Waals surface area (Å²) in [5.41, 5.74) is 31.2. The molecule has 0 fully saturated rings. The van der Waals surface area contributed by atoms with Crippen LogP contribution >= 0.6 is 0 Å². The van der Waals surface area contributed by atoms with Gasteiger partial charge in [0.1, 0.15) is 6.07 Å². The van der Waals surface area contributed by atoms with E-state index in [0.717, 1.165) is 145 Å². The maximum Gasteiger partial charge on any atom is 0.100 e. The van der Waals surface area contributed by atoms with E-state index in [1.54, 1.807) is 0 Å². The van der Waals surface area contributed by atoms with Gasteiger partial charge in [-0.2, -0.15) is 5.26 Å². The zero-order chi connectivity index (χ0) is 70.8. The van der Waals surface area contributed by atoms with E-state index in [0.29, 0.717) is 5.56 Å². The molecule has 20 aromatic rings. The molecule has 498 valence electrons.